The number of thioether (sulfide) groups is 2. The lowest BCUT2D eigenvalue weighted by Crippen LogP contribution is -2.36. The number of nitrogens with zero attached hydrogens (tertiary/aromatic N) is 2. The van der Waals surface area contributed by atoms with E-state index >= 15 is 0 Å². The molecule has 1 fully saturated rings. The van der Waals surface area contributed by atoms with Gasteiger partial charge in [-0.2, -0.15) is 0 Å². The third kappa shape index (κ3) is 6.09. The van der Waals surface area contributed by atoms with E-state index in [-0.39, 0.29) is 11.7 Å². The zero-order valence-corrected chi connectivity index (χ0v) is 15.2. The van der Waals surface area contributed by atoms with Gasteiger partial charge in [-0.3, -0.25) is 13.9 Å². The molecule has 0 saturated carbocycles. The Hall–Kier alpha value is -0.380. The topological polar surface area (TPSA) is 68.2 Å². The van der Waals surface area contributed by atoms with Gasteiger partial charge in [-0.1, -0.05) is 42.5 Å². The fourth-order valence-corrected chi connectivity index (χ4v) is 4.13. The molecular weight excluding hydrogens is 332 g/mol. The second-order valence-electron chi connectivity index (χ2n) is 5.06. The molecule has 1 aliphatic rings. The summed E-state index contributed by atoms with van der Waals surface area (Å²) in [4.78, 5) is 28.8. The van der Waals surface area contributed by atoms with Crippen LogP contribution in [0.4, 0.5) is 4.79 Å². The number of carbonyl (C=O) groups is 2. The monoisotopic (exact) mass is 352 g/mol. The van der Waals surface area contributed by atoms with Crippen LogP contribution in [-0.2, 0) is 14.4 Å². The Labute approximate surface area is 137 Å². The van der Waals surface area contributed by atoms with Crippen molar-refractivity contribution < 1.29 is 19.2 Å². The van der Waals surface area contributed by atoms with E-state index in [9.17, 15) is 9.59 Å². The molecule has 120 valence electrons. The highest BCUT2D eigenvalue weighted by Crippen LogP contribution is 2.31. The van der Waals surface area contributed by atoms with Crippen molar-refractivity contribution in [3.63, 3.8) is 0 Å². The van der Waals surface area contributed by atoms with Crippen LogP contribution in [0.25, 0.3) is 0 Å². The Morgan fingerprint density at radius 1 is 1.38 bits per heavy atom. The Balaban J connectivity index is 2.52. The second kappa shape index (κ2) is 8.30. The molecular formula is C12H20N2O4S3. The first-order chi connectivity index (χ1) is 9.74. The molecule has 0 radical (unpaired) electrons. The molecule has 6 nitrogen and oxygen atoms in total. The van der Waals surface area contributed by atoms with Crippen LogP contribution < -0.4 is 0 Å². The van der Waals surface area contributed by atoms with E-state index in [1.807, 2.05) is 13.8 Å². The van der Waals surface area contributed by atoms with Gasteiger partial charge in [-0.25, -0.2) is 4.79 Å². The highest BCUT2D eigenvalue weighted by atomic mass is 32.2. The maximum Gasteiger partial charge on any atom is 0.445 e. The summed E-state index contributed by atoms with van der Waals surface area (Å²) in [6.07, 6.45) is -0.607. The van der Waals surface area contributed by atoms with E-state index in [4.69, 9.17) is 9.57 Å². The number of carbonyl (C=O) groups excluding carboxylic acids is 2. The first-order valence-electron chi connectivity index (χ1n) is 6.33. The Kier molecular flexibility index (Phi) is 7.38. The van der Waals surface area contributed by atoms with Crippen molar-refractivity contribution in [2.45, 2.75) is 32.4 Å². The average Bonchev–Trinajstić information content (AvgIpc) is 2.44. The van der Waals surface area contributed by atoms with Gasteiger partial charge in [0.15, 0.2) is 10.2 Å². The van der Waals surface area contributed by atoms with Crippen LogP contribution in [0.3, 0.4) is 0 Å². The number of hydrogen-bond donors (Lipinski definition) is 0. The van der Waals surface area contributed by atoms with Crippen molar-refractivity contribution in [1.29, 1.82) is 0 Å². The van der Waals surface area contributed by atoms with Gasteiger partial charge < -0.3 is 4.74 Å². The smallest absolute Gasteiger partial charge is 0.359 e. The summed E-state index contributed by atoms with van der Waals surface area (Å²) < 4.78 is 6.37. The summed E-state index contributed by atoms with van der Waals surface area (Å²) in [7, 11) is 1.56. The molecule has 1 heterocycles. The van der Waals surface area contributed by atoms with Crippen molar-refractivity contribution in [2.24, 2.45) is 11.1 Å². The van der Waals surface area contributed by atoms with E-state index in [0.29, 0.717) is 16.3 Å². The summed E-state index contributed by atoms with van der Waals surface area (Å²) in [5, 5.41) is 3.79. The number of rotatable bonds is 5. The summed E-state index contributed by atoms with van der Waals surface area (Å²) in [6, 6.07) is 0. The van der Waals surface area contributed by atoms with Crippen LogP contribution >= 0.6 is 35.5 Å². The lowest BCUT2D eigenvalue weighted by molar-refractivity contribution is -0.123. The molecule has 1 aliphatic heterocycles. The number of oxime groups is 1. The second-order valence-corrected chi connectivity index (χ2v) is 8.89. The molecule has 1 rings (SSSR count). The predicted octanol–water partition coefficient (Wildman–Crippen LogP) is 3.39. The van der Waals surface area contributed by atoms with Crippen LogP contribution in [0.1, 0.15) is 27.7 Å². The number of ether oxygens (including phenoxy) is 1. The number of hydrogen-bond acceptors (Lipinski definition) is 8. The van der Waals surface area contributed by atoms with Crippen molar-refractivity contribution >= 4 is 51.7 Å². The van der Waals surface area contributed by atoms with E-state index in [1.54, 1.807) is 20.9 Å². The lowest BCUT2D eigenvalue weighted by Gasteiger charge is -2.28. The quantitative estimate of drug-likeness (QED) is 0.427. The molecule has 9 heteroatoms. The molecule has 0 aromatic heterocycles. The number of amides is 1. The lowest BCUT2D eigenvalue weighted by atomic mass is 9.98. The van der Waals surface area contributed by atoms with Crippen LogP contribution in [0.5, 0.6) is 0 Å². The van der Waals surface area contributed by atoms with Gasteiger partial charge in [0, 0.05) is 13.0 Å². The van der Waals surface area contributed by atoms with Gasteiger partial charge in [-0.05, 0) is 25.8 Å². The van der Waals surface area contributed by atoms with Gasteiger partial charge in [0.05, 0.1) is 16.6 Å². The average molecular weight is 353 g/mol. The SMILES string of the molecule is CC(C)C(=O)C(C)(C)SN(C)C(=O)ON=C1SCOCS1. The zero-order chi connectivity index (χ0) is 16.0. The number of Topliss-reactive ketones (excluding diaryl/α,β-unsaturated/α-hetero) is 1. The van der Waals surface area contributed by atoms with Crippen LogP contribution in [-0.4, -0.2) is 44.2 Å². The molecule has 0 N–H and O–H groups in total. The van der Waals surface area contributed by atoms with Crippen LogP contribution in [0, 0.1) is 5.92 Å². The fourth-order valence-electron chi connectivity index (χ4n) is 1.57. The summed E-state index contributed by atoms with van der Waals surface area (Å²) >= 11 is 3.88. The van der Waals surface area contributed by atoms with Gasteiger partial charge in [-0.15, -0.1) is 0 Å². The predicted molar refractivity (Wildman–Crippen MR) is 89.2 cm³/mol. The van der Waals surface area contributed by atoms with Gasteiger partial charge in [0.25, 0.3) is 0 Å². The molecule has 0 spiro atoms. The molecule has 0 aliphatic carbocycles. The minimum absolute atomic E-state index is 0.0778. The Morgan fingerprint density at radius 2 is 1.95 bits per heavy atom. The van der Waals surface area contributed by atoms with E-state index < -0.39 is 10.8 Å². The molecule has 0 atom stereocenters. The van der Waals surface area contributed by atoms with E-state index in [2.05, 4.69) is 5.16 Å². The molecule has 0 bridgehead atoms. The summed E-state index contributed by atoms with van der Waals surface area (Å²) in [5.74, 6) is 0.995. The maximum absolute atomic E-state index is 12.1. The van der Waals surface area contributed by atoms with Crippen molar-refractivity contribution in [1.82, 2.24) is 4.31 Å². The largest absolute Gasteiger partial charge is 0.445 e. The van der Waals surface area contributed by atoms with E-state index in [0.717, 1.165) is 11.9 Å². The van der Waals surface area contributed by atoms with Gasteiger partial charge in [0.2, 0.25) is 0 Å². The van der Waals surface area contributed by atoms with Gasteiger partial charge in [0.1, 0.15) is 0 Å². The highest BCUT2D eigenvalue weighted by Gasteiger charge is 2.33. The standard InChI is InChI=1S/C12H20N2O4S3/c1-8(2)9(15)12(3,4)21-14(5)11(16)18-13-10-19-6-17-7-20-10/h8H,6-7H2,1-5H3. The van der Waals surface area contributed by atoms with Crippen LogP contribution in [0.15, 0.2) is 5.16 Å². The molecule has 21 heavy (non-hydrogen) atoms. The highest BCUT2D eigenvalue weighted by molar-refractivity contribution is 8.39. The minimum atomic E-state index is -0.697. The van der Waals surface area contributed by atoms with Gasteiger partial charge >= 0.3 is 6.09 Å². The van der Waals surface area contributed by atoms with Crippen molar-refractivity contribution in [3.05, 3.63) is 0 Å². The summed E-state index contributed by atoms with van der Waals surface area (Å²) in [6.45, 7) is 7.27. The van der Waals surface area contributed by atoms with E-state index in [1.165, 1.54) is 27.8 Å². The number of ketones is 1. The van der Waals surface area contributed by atoms with Crippen LogP contribution in [0.2, 0.25) is 0 Å². The zero-order valence-electron chi connectivity index (χ0n) is 12.7. The Morgan fingerprint density at radius 3 is 2.48 bits per heavy atom. The van der Waals surface area contributed by atoms with Crippen molar-refractivity contribution in [3.8, 4) is 0 Å². The minimum Gasteiger partial charge on any atom is -0.359 e. The summed E-state index contributed by atoms with van der Waals surface area (Å²) in [5.41, 5.74) is 0. The first-order valence-corrected chi connectivity index (χ1v) is 9.08. The Bertz CT molecular complexity index is 419. The fraction of sp³-hybridized carbons (Fsp3) is 0.750. The maximum atomic E-state index is 12.1. The first kappa shape index (κ1) is 18.7. The molecule has 0 aromatic carbocycles. The molecule has 0 unspecified atom stereocenters. The third-order valence-electron chi connectivity index (χ3n) is 2.47. The molecule has 0 aromatic rings. The third-order valence-corrected chi connectivity index (χ3v) is 5.47. The molecule has 1 saturated heterocycles. The molecule has 1 amide bonds. The normalized spacial score (nSPS) is 15.8. The van der Waals surface area contributed by atoms with Crippen molar-refractivity contribution in [2.75, 3.05) is 18.9 Å².